The molecule has 42 heavy (non-hydrogen) atoms. The summed E-state index contributed by atoms with van der Waals surface area (Å²) >= 11 is 0. The number of benzene rings is 1. The Morgan fingerprint density at radius 1 is 1.02 bits per heavy atom. The molecule has 3 heterocycles. The van der Waals surface area contributed by atoms with Crippen LogP contribution in [-0.4, -0.2) is 77.2 Å². The maximum absolute atomic E-state index is 13.5. The SMILES string of the molecule is CNC(=O)C[C@@]12CC(=O)O[B-](C(CC(C)C)NC(=O)[C@@H](NC(=O)c3cccc(-c4ccccc4)n3)[C@@H](C)O)(OC1=O)O2. The Bertz CT molecular complexity index is 1370. The van der Waals surface area contributed by atoms with Crippen molar-refractivity contribution in [3.8, 4) is 11.3 Å². The van der Waals surface area contributed by atoms with Crippen molar-refractivity contribution < 1.29 is 43.0 Å². The third-order valence-corrected chi connectivity index (χ3v) is 7.13. The van der Waals surface area contributed by atoms with Crippen molar-refractivity contribution in [2.75, 3.05) is 7.05 Å². The number of fused-ring (bicyclic) bond motifs is 2. The highest BCUT2D eigenvalue weighted by molar-refractivity contribution is 6.68. The number of hydrogen-bond donors (Lipinski definition) is 4. The zero-order valence-electron chi connectivity index (χ0n) is 23.8. The van der Waals surface area contributed by atoms with E-state index >= 15 is 0 Å². The largest absolute Gasteiger partial charge is 0.632 e. The molecular weight excluding hydrogens is 547 g/mol. The van der Waals surface area contributed by atoms with Gasteiger partial charge in [-0.2, -0.15) is 0 Å². The van der Waals surface area contributed by atoms with Crippen LogP contribution in [0.1, 0.15) is 50.5 Å². The summed E-state index contributed by atoms with van der Waals surface area (Å²) in [7, 11) is 1.37. The number of hydrogen-bond acceptors (Lipinski definition) is 10. The first-order valence-corrected chi connectivity index (χ1v) is 13.7. The minimum absolute atomic E-state index is 0.0181. The Labute approximate surface area is 242 Å². The minimum Gasteiger partial charge on any atom is -0.632 e. The molecule has 5 atom stereocenters. The van der Waals surface area contributed by atoms with Crippen LogP contribution in [0.4, 0.5) is 0 Å². The summed E-state index contributed by atoms with van der Waals surface area (Å²) < 4.78 is 16.9. The Kier molecular flexibility index (Phi) is 8.97. The number of amides is 3. The Balaban J connectivity index is 1.56. The normalized spacial score (nSPS) is 23.3. The fourth-order valence-corrected chi connectivity index (χ4v) is 5.09. The van der Waals surface area contributed by atoms with Crippen LogP contribution in [0, 0.1) is 5.92 Å². The van der Waals surface area contributed by atoms with Crippen LogP contribution in [-0.2, 0) is 33.1 Å². The molecular formula is C28H34BN4O9-. The van der Waals surface area contributed by atoms with Crippen LogP contribution < -0.4 is 16.0 Å². The molecule has 224 valence electrons. The molecule has 1 aromatic heterocycles. The summed E-state index contributed by atoms with van der Waals surface area (Å²) in [5, 5.41) is 18.0. The van der Waals surface area contributed by atoms with Gasteiger partial charge in [-0.3, -0.25) is 24.0 Å². The fraction of sp³-hybridized carbons (Fsp3) is 0.429. The van der Waals surface area contributed by atoms with E-state index in [9.17, 15) is 29.1 Å². The van der Waals surface area contributed by atoms with Gasteiger partial charge in [-0.25, -0.2) is 4.98 Å². The number of aliphatic hydroxyl groups is 1. The molecule has 2 aliphatic heterocycles. The van der Waals surface area contributed by atoms with Crippen molar-refractivity contribution in [3.05, 3.63) is 54.2 Å². The molecule has 0 aliphatic carbocycles. The zero-order valence-corrected chi connectivity index (χ0v) is 23.8. The molecule has 2 fully saturated rings. The maximum atomic E-state index is 13.5. The van der Waals surface area contributed by atoms with Crippen molar-refractivity contribution in [2.45, 2.75) is 63.7 Å². The third-order valence-electron chi connectivity index (χ3n) is 7.13. The number of pyridine rings is 1. The fourth-order valence-electron chi connectivity index (χ4n) is 5.09. The lowest BCUT2D eigenvalue weighted by molar-refractivity contribution is -0.156. The van der Waals surface area contributed by atoms with E-state index in [1.54, 1.807) is 12.1 Å². The lowest BCUT2D eigenvalue weighted by Crippen LogP contribution is -2.67. The third kappa shape index (κ3) is 6.44. The first-order chi connectivity index (χ1) is 19.9. The number of rotatable bonds is 11. The van der Waals surface area contributed by atoms with Crippen LogP contribution in [0.15, 0.2) is 48.5 Å². The van der Waals surface area contributed by atoms with Gasteiger partial charge in [-0.1, -0.05) is 56.7 Å². The van der Waals surface area contributed by atoms with Gasteiger partial charge in [0.2, 0.25) is 11.8 Å². The van der Waals surface area contributed by atoms with E-state index in [0.717, 1.165) is 5.56 Å². The molecule has 0 saturated carbocycles. The van der Waals surface area contributed by atoms with Gasteiger partial charge in [0.15, 0.2) is 0 Å². The number of nitrogens with one attached hydrogen (secondary N) is 3. The number of carbonyl (C=O) groups is 5. The molecule has 1 aromatic carbocycles. The van der Waals surface area contributed by atoms with E-state index in [1.807, 2.05) is 44.2 Å². The second kappa shape index (κ2) is 12.3. The molecule has 3 amide bonds. The van der Waals surface area contributed by atoms with E-state index in [4.69, 9.17) is 14.0 Å². The van der Waals surface area contributed by atoms with Crippen LogP contribution in [0.25, 0.3) is 11.3 Å². The highest BCUT2D eigenvalue weighted by Crippen LogP contribution is 2.43. The molecule has 4 N–H and O–H groups in total. The first kappa shape index (κ1) is 30.7. The van der Waals surface area contributed by atoms with Gasteiger partial charge < -0.3 is 35.0 Å². The summed E-state index contributed by atoms with van der Waals surface area (Å²) in [4.78, 5) is 68.8. The van der Waals surface area contributed by atoms with Gasteiger partial charge in [0.05, 0.1) is 24.6 Å². The standard InChI is InChI=1S/C28H34BN4O9/c1-16(2)13-21(29-40-23(36)15-28(42-29,27(39)41-29)14-22(35)30-4)32-26(38)24(17(3)34)33-25(37)20-12-8-11-19(31-20)18-9-6-5-7-10-18/h5-12,16-17,21,24,34H,13-15H2,1-4H3,(H,30,35)(H,32,38)(H,33,37)/q-1/t17-,21?,24+,28-,29?/m1/s1. The summed E-state index contributed by atoms with van der Waals surface area (Å²) in [5.74, 6) is -5.20. The van der Waals surface area contributed by atoms with Gasteiger partial charge in [0.25, 0.3) is 17.8 Å². The van der Waals surface area contributed by atoms with Crippen LogP contribution in [0.3, 0.4) is 0 Å². The van der Waals surface area contributed by atoms with Gasteiger partial charge in [0, 0.05) is 18.6 Å². The minimum atomic E-state index is -3.21. The van der Waals surface area contributed by atoms with Crippen molar-refractivity contribution in [1.29, 1.82) is 0 Å². The molecule has 13 nitrogen and oxygen atoms in total. The lowest BCUT2D eigenvalue weighted by atomic mass is 9.64. The van der Waals surface area contributed by atoms with Gasteiger partial charge in [-0.05, 0) is 25.0 Å². The predicted molar refractivity (Wildman–Crippen MR) is 149 cm³/mol. The Hall–Kier alpha value is -4.30. The van der Waals surface area contributed by atoms with Gasteiger partial charge in [-0.15, -0.1) is 0 Å². The number of aliphatic hydroxyl groups excluding tert-OH is 1. The first-order valence-electron chi connectivity index (χ1n) is 13.7. The van der Waals surface area contributed by atoms with Crippen LogP contribution in [0.2, 0.25) is 0 Å². The summed E-state index contributed by atoms with van der Waals surface area (Å²) in [5.41, 5.74) is -0.553. The molecule has 2 aliphatic rings. The maximum Gasteiger partial charge on any atom is 0.518 e. The molecule has 2 bridgehead atoms. The molecule has 14 heteroatoms. The van der Waals surface area contributed by atoms with Crippen LogP contribution >= 0.6 is 0 Å². The van der Waals surface area contributed by atoms with E-state index in [2.05, 4.69) is 20.9 Å². The van der Waals surface area contributed by atoms with E-state index < -0.39 is 72.9 Å². The van der Waals surface area contributed by atoms with Crippen molar-refractivity contribution >= 4 is 36.4 Å². The molecule has 2 unspecified atom stereocenters. The second-order valence-corrected chi connectivity index (χ2v) is 10.9. The quantitative estimate of drug-likeness (QED) is 0.275. The summed E-state index contributed by atoms with van der Waals surface area (Å²) in [6.07, 6.45) is -2.25. The van der Waals surface area contributed by atoms with E-state index in [-0.39, 0.29) is 18.0 Å². The van der Waals surface area contributed by atoms with Crippen molar-refractivity contribution in [2.24, 2.45) is 5.92 Å². The lowest BCUT2D eigenvalue weighted by Gasteiger charge is -2.46. The summed E-state index contributed by atoms with van der Waals surface area (Å²) in [6, 6.07) is 12.6. The molecule has 0 radical (unpaired) electrons. The van der Waals surface area contributed by atoms with Crippen molar-refractivity contribution in [3.63, 3.8) is 0 Å². The average Bonchev–Trinajstić information content (AvgIpc) is 3.15. The number of carbonyl (C=O) groups excluding carboxylic acids is 5. The number of nitrogens with zero attached hydrogens (tertiary/aromatic N) is 1. The topological polar surface area (TPSA) is 182 Å². The Morgan fingerprint density at radius 2 is 1.74 bits per heavy atom. The predicted octanol–water partition coefficient (Wildman–Crippen LogP) is 0.632. The highest BCUT2D eigenvalue weighted by Gasteiger charge is 2.64. The molecule has 4 rings (SSSR count). The van der Waals surface area contributed by atoms with Crippen molar-refractivity contribution in [1.82, 2.24) is 20.9 Å². The smallest absolute Gasteiger partial charge is 0.518 e. The zero-order chi connectivity index (χ0) is 30.7. The van der Waals surface area contributed by atoms with Crippen LogP contribution in [0.5, 0.6) is 0 Å². The number of aromatic nitrogens is 1. The Morgan fingerprint density at radius 3 is 2.38 bits per heavy atom. The van der Waals surface area contributed by atoms with Gasteiger partial charge >= 0.3 is 6.75 Å². The average molecular weight is 581 g/mol. The monoisotopic (exact) mass is 581 g/mol. The molecule has 0 spiro atoms. The second-order valence-electron chi connectivity index (χ2n) is 10.9. The molecule has 2 saturated heterocycles. The van der Waals surface area contributed by atoms with E-state index in [0.29, 0.717) is 5.69 Å². The molecule has 2 aromatic rings. The van der Waals surface area contributed by atoms with Gasteiger partial charge in [0.1, 0.15) is 17.3 Å². The highest BCUT2D eigenvalue weighted by atomic mass is 16.8. The summed E-state index contributed by atoms with van der Waals surface area (Å²) in [6.45, 7) is 1.76. The van der Waals surface area contributed by atoms with E-state index in [1.165, 1.54) is 20.0 Å².